The Kier molecular flexibility index (Phi) is 2.44. The molecular formula is C8H14N4S. The number of fused-ring (bicyclic) bond motifs is 1. The summed E-state index contributed by atoms with van der Waals surface area (Å²) in [5.41, 5.74) is 3.42. The summed E-state index contributed by atoms with van der Waals surface area (Å²) in [4.78, 5) is 0. The molecule has 0 amide bonds. The second kappa shape index (κ2) is 3.57. The first kappa shape index (κ1) is 8.87. The molecule has 5 heteroatoms. The van der Waals surface area contributed by atoms with Gasteiger partial charge >= 0.3 is 0 Å². The van der Waals surface area contributed by atoms with Crippen LogP contribution in [0.1, 0.15) is 25.6 Å². The predicted molar refractivity (Wildman–Crippen MR) is 53.5 cm³/mol. The van der Waals surface area contributed by atoms with E-state index in [-0.39, 0.29) is 0 Å². The number of thioether (sulfide) groups is 1. The van der Waals surface area contributed by atoms with Gasteiger partial charge in [-0.25, -0.2) is 4.68 Å². The first-order valence-corrected chi connectivity index (χ1v) is 5.61. The highest BCUT2D eigenvalue weighted by molar-refractivity contribution is 7.99. The van der Waals surface area contributed by atoms with Gasteiger partial charge in [-0.2, -0.15) is 0 Å². The average Bonchev–Trinajstić information content (AvgIpc) is 2.49. The van der Waals surface area contributed by atoms with Crippen molar-refractivity contribution in [3.8, 4) is 0 Å². The van der Waals surface area contributed by atoms with Gasteiger partial charge in [-0.1, -0.05) is 25.1 Å². The molecule has 0 aromatic carbocycles. The van der Waals surface area contributed by atoms with Crippen molar-refractivity contribution in [1.82, 2.24) is 14.9 Å². The fraction of sp³-hybridized carbons (Fsp3) is 0.750. The second-order valence-electron chi connectivity index (χ2n) is 3.29. The molecule has 0 radical (unpaired) electrons. The number of hydrogen-bond donors (Lipinski definition) is 1. The highest BCUT2D eigenvalue weighted by Crippen LogP contribution is 2.23. The molecule has 0 bridgehead atoms. The van der Waals surface area contributed by atoms with Crippen LogP contribution in [0.2, 0.25) is 0 Å². The van der Waals surface area contributed by atoms with Gasteiger partial charge in [0.15, 0.2) is 0 Å². The van der Waals surface area contributed by atoms with E-state index in [4.69, 9.17) is 0 Å². The third kappa shape index (κ3) is 1.65. The van der Waals surface area contributed by atoms with E-state index in [0.717, 1.165) is 16.7 Å². The minimum Gasteiger partial charge on any atom is -0.318 e. The highest BCUT2D eigenvalue weighted by Gasteiger charge is 2.20. The summed E-state index contributed by atoms with van der Waals surface area (Å²) in [5, 5.41) is 9.08. The molecule has 0 saturated carbocycles. The van der Waals surface area contributed by atoms with Crippen molar-refractivity contribution in [2.24, 2.45) is 0 Å². The number of aryl methyl sites for hydroxylation is 1. The molecule has 1 aliphatic heterocycles. The van der Waals surface area contributed by atoms with Gasteiger partial charge in [0.05, 0.1) is 6.04 Å². The quantitative estimate of drug-likeness (QED) is 0.780. The zero-order valence-corrected chi connectivity index (χ0v) is 8.77. The van der Waals surface area contributed by atoms with Crippen LogP contribution >= 0.6 is 11.8 Å². The van der Waals surface area contributed by atoms with Crippen LogP contribution in [0.5, 0.6) is 0 Å². The van der Waals surface area contributed by atoms with Gasteiger partial charge in [0.1, 0.15) is 5.82 Å². The second-order valence-corrected chi connectivity index (χ2v) is 4.28. The molecule has 1 aromatic heterocycles. The molecule has 0 saturated heterocycles. The lowest BCUT2D eigenvalue weighted by Crippen LogP contribution is -2.34. The van der Waals surface area contributed by atoms with E-state index >= 15 is 0 Å². The van der Waals surface area contributed by atoms with Gasteiger partial charge in [0.25, 0.3) is 0 Å². The Morgan fingerprint density at radius 1 is 1.62 bits per heavy atom. The monoisotopic (exact) mass is 198 g/mol. The van der Waals surface area contributed by atoms with Crippen molar-refractivity contribution in [1.29, 1.82) is 0 Å². The van der Waals surface area contributed by atoms with E-state index in [1.165, 1.54) is 12.8 Å². The molecule has 2 heterocycles. The summed E-state index contributed by atoms with van der Waals surface area (Å²) in [6.45, 7) is 4.18. The maximum atomic E-state index is 4.06. The Morgan fingerprint density at radius 2 is 2.46 bits per heavy atom. The Morgan fingerprint density at radius 3 is 3.23 bits per heavy atom. The van der Waals surface area contributed by atoms with Crippen molar-refractivity contribution >= 4 is 11.8 Å². The number of aromatic nitrogens is 3. The molecule has 1 N–H and O–H groups in total. The largest absolute Gasteiger partial charge is 0.318 e. The van der Waals surface area contributed by atoms with Crippen LogP contribution in [0.15, 0.2) is 5.16 Å². The smallest absolute Gasteiger partial charge is 0.210 e. The van der Waals surface area contributed by atoms with Crippen molar-refractivity contribution in [2.75, 3.05) is 11.2 Å². The molecular weight excluding hydrogens is 184 g/mol. The summed E-state index contributed by atoms with van der Waals surface area (Å²) in [6.07, 6.45) is 2.43. The topological polar surface area (TPSA) is 42.7 Å². The minimum absolute atomic E-state index is 0.567. The summed E-state index contributed by atoms with van der Waals surface area (Å²) < 4.78 is 1.99. The Hall–Kier alpha value is -0.710. The van der Waals surface area contributed by atoms with Crippen molar-refractivity contribution in [3.05, 3.63) is 5.82 Å². The molecule has 1 aliphatic rings. The SMILES string of the molecule is CCCC1CSc2nnc(C)n2N1. The highest BCUT2D eigenvalue weighted by atomic mass is 32.2. The lowest BCUT2D eigenvalue weighted by Gasteiger charge is -2.25. The normalized spacial score (nSPS) is 20.9. The van der Waals surface area contributed by atoms with Crippen LogP contribution < -0.4 is 5.43 Å². The van der Waals surface area contributed by atoms with Gasteiger partial charge in [0, 0.05) is 5.75 Å². The fourth-order valence-electron chi connectivity index (χ4n) is 1.48. The number of nitrogens with zero attached hydrogens (tertiary/aromatic N) is 3. The van der Waals surface area contributed by atoms with Crippen LogP contribution in [0.4, 0.5) is 0 Å². The average molecular weight is 198 g/mol. The minimum atomic E-state index is 0.567. The lowest BCUT2D eigenvalue weighted by atomic mass is 10.2. The van der Waals surface area contributed by atoms with Gasteiger partial charge < -0.3 is 5.43 Å². The van der Waals surface area contributed by atoms with E-state index in [1.54, 1.807) is 11.8 Å². The van der Waals surface area contributed by atoms with Crippen molar-refractivity contribution in [3.63, 3.8) is 0 Å². The van der Waals surface area contributed by atoms with Gasteiger partial charge in [0.2, 0.25) is 5.16 Å². The Bertz CT molecular complexity index is 296. The maximum absolute atomic E-state index is 4.06. The molecule has 72 valence electrons. The lowest BCUT2D eigenvalue weighted by molar-refractivity contribution is 0.582. The van der Waals surface area contributed by atoms with E-state index in [9.17, 15) is 0 Å². The molecule has 2 rings (SSSR count). The van der Waals surface area contributed by atoms with Crippen LogP contribution in [0, 0.1) is 6.92 Å². The molecule has 0 fully saturated rings. The molecule has 1 unspecified atom stereocenters. The van der Waals surface area contributed by atoms with Crippen LogP contribution in [-0.4, -0.2) is 26.7 Å². The van der Waals surface area contributed by atoms with Crippen molar-refractivity contribution < 1.29 is 0 Å². The third-order valence-electron chi connectivity index (χ3n) is 2.16. The van der Waals surface area contributed by atoms with Gasteiger partial charge in [-0.15, -0.1) is 10.2 Å². The van der Waals surface area contributed by atoms with Gasteiger partial charge in [-0.05, 0) is 13.3 Å². The van der Waals surface area contributed by atoms with Crippen molar-refractivity contribution in [2.45, 2.75) is 37.9 Å². The number of hydrogen-bond acceptors (Lipinski definition) is 4. The summed E-state index contributed by atoms with van der Waals surface area (Å²) in [5.74, 6) is 2.05. The van der Waals surface area contributed by atoms with E-state index in [2.05, 4.69) is 22.5 Å². The van der Waals surface area contributed by atoms with E-state index in [0.29, 0.717) is 6.04 Å². The first-order valence-electron chi connectivity index (χ1n) is 4.62. The summed E-state index contributed by atoms with van der Waals surface area (Å²) in [7, 11) is 0. The molecule has 1 aromatic rings. The molecule has 4 nitrogen and oxygen atoms in total. The molecule has 1 atom stereocenters. The predicted octanol–water partition coefficient (Wildman–Crippen LogP) is 1.40. The van der Waals surface area contributed by atoms with Crippen LogP contribution in [-0.2, 0) is 0 Å². The third-order valence-corrected chi connectivity index (χ3v) is 3.25. The summed E-state index contributed by atoms with van der Waals surface area (Å²) >= 11 is 1.78. The standard InChI is InChI=1S/C8H14N4S/c1-3-4-7-5-13-8-10-9-6(2)12(8)11-7/h7,11H,3-5H2,1-2H3. The zero-order valence-electron chi connectivity index (χ0n) is 7.95. The number of nitrogens with one attached hydrogen (secondary N) is 1. The van der Waals surface area contributed by atoms with E-state index < -0.39 is 0 Å². The Labute approximate surface area is 82.1 Å². The molecule has 0 spiro atoms. The van der Waals surface area contributed by atoms with Gasteiger partial charge in [-0.3, -0.25) is 0 Å². The van der Waals surface area contributed by atoms with Crippen LogP contribution in [0.3, 0.4) is 0 Å². The number of rotatable bonds is 2. The fourth-order valence-corrected chi connectivity index (χ4v) is 2.48. The molecule has 0 aliphatic carbocycles. The molecule has 13 heavy (non-hydrogen) atoms. The Balaban J connectivity index is 2.13. The van der Waals surface area contributed by atoms with Crippen LogP contribution in [0.25, 0.3) is 0 Å². The first-order chi connectivity index (χ1) is 6.31. The maximum Gasteiger partial charge on any atom is 0.210 e. The van der Waals surface area contributed by atoms with E-state index in [1.807, 2.05) is 11.6 Å². The summed E-state index contributed by atoms with van der Waals surface area (Å²) in [6, 6.07) is 0.567. The zero-order chi connectivity index (χ0) is 9.26.